The van der Waals surface area contributed by atoms with E-state index in [9.17, 15) is 76.6 Å². The summed E-state index contributed by atoms with van der Waals surface area (Å²) in [5.74, 6) is 1.61. The molecule has 0 radical (unpaired) electrons. The monoisotopic (exact) mass is 1550 g/mol. The maximum absolute atomic E-state index is 12.1. The summed E-state index contributed by atoms with van der Waals surface area (Å²) in [6.45, 7) is 56.5. The number of aliphatic hydroxyl groups is 15. The molecule has 1 spiro atoms. The lowest BCUT2D eigenvalue weighted by Crippen LogP contribution is -2.75. The third kappa shape index (κ3) is 11.1. The van der Waals surface area contributed by atoms with Gasteiger partial charge in [0, 0.05) is 38.4 Å². The fourth-order valence-electron chi connectivity index (χ4n) is 34.4. The molecule has 1 heterocycles. The van der Waals surface area contributed by atoms with E-state index in [1.807, 2.05) is 47.6 Å². The van der Waals surface area contributed by atoms with E-state index >= 15 is 0 Å². The van der Waals surface area contributed by atoms with Gasteiger partial charge in [0.05, 0.1) is 97.5 Å². The molecule has 14 fully saturated rings. The zero-order valence-corrected chi connectivity index (χ0v) is 72.8. The van der Waals surface area contributed by atoms with E-state index < -0.39 is 117 Å². The smallest absolute Gasteiger partial charge is 0.164 e. The van der Waals surface area contributed by atoms with Gasteiger partial charge in [-0.15, -0.1) is 13.2 Å². The molecule has 14 rings (SSSR count). The van der Waals surface area contributed by atoms with Gasteiger partial charge in [0.1, 0.15) is 0 Å². The number of rotatable bonds is 9. The van der Waals surface area contributed by atoms with E-state index in [1.165, 1.54) is 0 Å². The number of fused-ring (bicyclic) bond motifs is 8. The number of hydrogen-bond acceptors (Lipinski definition) is 16. The molecule has 0 aromatic rings. The molecule has 14 aliphatic rings. The summed E-state index contributed by atoms with van der Waals surface area (Å²) in [7, 11) is 0. The van der Waals surface area contributed by atoms with Crippen LogP contribution in [0.2, 0.25) is 0 Å². The van der Waals surface area contributed by atoms with Crippen LogP contribution in [0.4, 0.5) is 0 Å². The second kappa shape index (κ2) is 27.7. The van der Waals surface area contributed by atoms with Crippen molar-refractivity contribution in [2.24, 2.45) is 157 Å². The van der Waals surface area contributed by atoms with Crippen LogP contribution in [-0.4, -0.2) is 175 Å². The predicted octanol–water partition coefficient (Wildman–Crippen LogP) is 13.6. The molecule has 38 atom stereocenters. The van der Waals surface area contributed by atoms with Crippen molar-refractivity contribution in [3.05, 3.63) is 25.3 Å². The summed E-state index contributed by atoms with van der Waals surface area (Å²) in [5, 5.41) is 169. The normalized spacial score (nSPS) is 58.8. The standard InChI is InChI=1S/C32H56O6.C31H52O6.C31H54O4/c1-9-11-21-28(5)14-13-22(34)29(6,18-33)20(28)12-15-30(21,7)31(8)17-19-16-27(3,4)23(35)25(37)32(19,10-2)26(38)24(31)36;1-17-23(35)25(2,3)14-20-30-13-9-19-26(4)11-10-21(33)27(5,16-32)18(26)8-12-28(19,6)29(30,7)15-22(34)31(17,20)24(36)37-30;1-10-11-21-29(7)14-13-22(32)27(4,5)20(29)12-15-30(21,8)28(6)17-19-16-26(2,3)24(34)25(35)31(19,9)23(33)18-28/h9,19-26,33-38H,1,10-18H2,2-8H3;17-24,32-36H,8-16H2,1-7H3;10,19-25,32-35H,1,11-18H2,2-9H3/t19?,20?,21?,22-,23-,24-,25-,26+,28-,29+,30+,31-,32+;17-,18?,19?,20?,21-,22+,23-,24-,26-,27+,28+,29-,30-,31+;19?,20?,21?,22-,23+,24-,25-,28-,29-,30+,31-/m000/s1. The van der Waals surface area contributed by atoms with Crippen molar-refractivity contribution in [3.63, 3.8) is 0 Å². The summed E-state index contributed by atoms with van der Waals surface area (Å²) in [4.78, 5) is 0. The van der Waals surface area contributed by atoms with Gasteiger partial charge >= 0.3 is 0 Å². The summed E-state index contributed by atoms with van der Waals surface area (Å²) in [6, 6.07) is 0. The van der Waals surface area contributed by atoms with Gasteiger partial charge in [0.25, 0.3) is 0 Å². The molecule has 2 bridgehead atoms. The second-order valence-corrected chi connectivity index (χ2v) is 47.4. The van der Waals surface area contributed by atoms with Crippen molar-refractivity contribution in [1.82, 2.24) is 0 Å². The quantitative estimate of drug-likeness (QED) is 0.0954. The summed E-state index contributed by atoms with van der Waals surface area (Å²) < 4.78 is 6.87. The lowest BCUT2D eigenvalue weighted by atomic mass is 9.30. The first kappa shape index (κ1) is 88.1. The molecule has 9 unspecified atom stereocenters. The van der Waals surface area contributed by atoms with Crippen LogP contribution >= 0.6 is 0 Å². The van der Waals surface area contributed by atoms with E-state index in [1.54, 1.807) is 0 Å². The van der Waals surface area contributed by atoms with Gasteiger partial charge in [0.15, 0.2) is 6.29 Å². The highest BCUT2D eigenvalue weighted by Crippen LogP contribution is 2.83. The zero-order valence-electron chi connectivity index (χ0n) is 72.8. The third-order valence-corrected chi connectivity index (χ3v) is 42.2. The Morgan fingerprint density at radius 1 is 0.373 bits per heavy atom. The molecule has 16 heteroatoms. The van der Waals surface area contributed by atoms with Crippen molar-refractivity contribution in [2.75, 3.05) is 13.2 Å². The number of ether oxygens (including phenoxy) is 1. The Hall–Kier alpha value is -1.16. The minimum Gasteiger partial charge on any atom is -0.396 e. The van der Waals surface area contributed by atoms with E-state index in [0.29, 0.717) is 62.7 Å². The summed E-state index contributed by atoms with van der Waals surface area (Å²) in [6.07, 6.45) is 13.6. The van der Waals surface area contributed by atoms with Gasteiger partial charge in [-0.05, 0) is 267 Å². The Labute approximate surface area is 664 Å². The Kier molecular flexibility index (Phi) is 22.2. The third-order valence-electron chi connectivity index (χ3n) is 42.2. The number of hydrogen-bond donors (Lipinski definition) is 15. The topological polar surface area (TPSA) is 313 Å². The second-order valence-electron chi connectivity index (χ2n) is 47.4. The first-order chi connectivity index (χ1) is 50.4. The van der Waals surface area contributed by atoms with Gasteiger partial charge in [-0.1, -0.05) is 164 Å². The molecule has 15 N–H and O–H groups in total. The molecule has 0 aromatic carbocycles. The van der Waals surface area contributed by atoms with Crippen LogP contribution in [-0.2, 0) is 4.74 Å². The highest BCUT2D eigenvalue weighted by Gasteiger charge is 2.85. The maximum atomic E-state index is 12.1. The van der Waals surface area contributed by atoms with E-state index in [-0.39, 0.29) is 120 Å². The zero-order chi connectivity index (χ0) is 82.3. The van der Waals surface area contributed by atoms with Crippen LogP contribution < -0.4 is 0 Å². The van der Waals surface area contributed by atoms with Crippen LogP contribution in [0.1, 0.15) is 306 Å². The van der Waals surface area contributed by atoms with Crippen LogP contribution in [0.15, 0.2) is 25.3 Å². The molecule has 16 nitrogen and oxygen atoms in total. The van der Waals surface area contributed by atoms with Crippen molar-refractivity contribution in [3.8, 4) is 0 Å². The van der Waals surface area contributed by atoms with E-state index in [4.69, 9.17) is 4.74 Å². The van der Waals surface area contributed by atoms with Gasteiger partial charge in [0.2, 0.25) is 0 Å². The highest BCUT2D eigenvalue weighted by atomic mass is 16.6. The number of aliphatic hydroxyl groups excluding tert-OH is 15. The van der Waals surface area contributed by atoms with Gasteiger partial charge in [-0.3, -0.25) is 0 Å². The van der Waals surface area contributed by atoms with Crippen molar-refractivity contribution in [2.45, 2.75) is 392 Å². The van der Waals surface area contributed by atoms with Crippen LogP contribution in [0, 0.1) is 157 Å². The Balaban J connectivity index is 0.000000154. The highest BCUT2D eigenvalue weighted by molar-refractivity contribution is 5.32. The van der Waals surface area contributed by atoms with Gasteiger partial charge in [-0.2, -0.15) is 0 Å². The van der Waals surface area contributed by atoms with E-state index in [0.717, 1.165) is 109 Å². The fraction of sp³-hybridized carbons (Fsp3) is 0.957. The molecule has 13 aliphatic carbocycles. The average molecular weight is 1550 g/mol. The minimum absolute atomic E-state index is 0.00692. The molecule has 13 saturated carbocycles. The van der Waals surface area contributed by atoms with Crippen LogP contribution in [0.3, 0.4) is 0 Å². The molecule has 1 saturated heterocycles. The Morgan fingerprint density at radius 2 is 0.818 bits per heavy atom. The molecule has 634 valence electrons. The molecule has 0 amide bonds. The van der Waals surface area contributed by atoms with Crippen LogP contribution in [0.25, 0.3) is 0 Å². The molecule has 1 aliphatic heterocycles. The van der Waals surface area contributed by atoms with Crippen molar-refractivity contribution >= 4 is 0 Å². The average Bonchev–Trinajstić information content (AvgIpc) is 1.43. The summed E-state index contributed by atoms with van der Waals surface area (Å²) >= 11 is 0. The Morgan fingerprint density at radius 3 is 1.35 bits per heavy atom. The first-order valence-corrected chi connectivity index (χ1v) is 44.4. The largest absolute Gasteiger partial charge is 0.396 e. The molecule has 0 aromatic heterocycles. The molecular formula is C94H162O16. The maximum Gasteiger partial charge on any atom is 0.164 e. The van der Waals surface area contributed by atoms with Crippen molar-refractivity contribution < 1.29 is 81.3 Å². The van der Waals surface area contributed by atoms with Crippen molar-refractivity contribution in [1.29, 1.82) is 0 Å². The lowest BCUT2D eigenvalue weighted by molar-refractivity contribution is -0.309. The predicted molar refractivity (Wildman–Crippen MR) is 431 cm³/mol. The molecule has 110 heavy (non-hydrogen) atoms. The lowest BCUT2D eigenvalue weighted by Gasteiger charge is -2.75. The van der Waals surface area contributed by atoms with Gasteiger partial charge in [-0.25, -0.2) is 0 Å². The first-order valence-electron chi connectivity index (χ1n) is 44.4. The Bertz CT molecular complexity index is 3400. The van der Waals surface area contributed by atoms with Gasteiger partial charge < -0.3 is 81.3 Å². The fourth-order valence-corrected chi connectivity index (χ4v) is 34.4. The molecular weight excluding hydrogens is 1390 g/mol. The minimum atomic E-state index is -1.15. The summed E-state index contributed by atoms with van der Waals surface area (Å²) in [5.41, 5.74) is -7.00. The SMILES string of the molecule is C=CCC1[C@@]2(C)CC[C@H](O)C(C)(C)C2CC[C@@]1(C)[C@@]1(C)CC2CC(C)(C)[C@@H](O)[C@H](O)[C@]2(C)[C@H](O)C1.C=CCC1[C@@]2(C)CC[C@H](O)[C@](C)(CO)C2CC[C@@]1(C)[C@@]1(C)CC2CC(C)(C)[C@@H](O)[C@H](O)[C@]2(CC)[C@H](O)[C@@H]1O.C[C@H]1[C@H](O)C(C)(C)CC2[C@@]13[C@H](O)C[C@]1(C)[C@@]2(CCC2[C@@]4(C)CC[C@H](O)[C@](C)(CO)C4CC[C@]21C)O[C@@H]3O. The number of allylic oxidation sites excluding steroid dienone is 2. The van der Waals surface area contributed by atoms with E-state index in [2.05, 4.69) is 130 Å². The van der Waals surface area contributed by atoms with Crippen LogP contribution in [0.5, 0.6) is 0 Å².